The Morgan fingerprint density at radius 1 is 1.46 bits per heavy atom. The van der Waals surface area contributed by atoms with Crippen LogP contribution in [0.15, 0.2) is 0 Å². The maximum atomic E-state index is 12.2. The third kappa shape index (κ3) is 1.20. The highest BCUT2D eigenvalue weighted by molar-refractivity contribution is 5.75. The molecule has 2 rings (SSSR count). The summed E-state index contributed by atoms with van der Waals surface area (Å²) in [4.78, 5) is 10.5. The van der Waals surface area contributed by atoms with E-state index >= 15 is 0 Å². The van der Waals surface area contributed by atoms with Crippen molar-refractivity contribution >= 4 is 5.97 Å². The van der Waals surface area contributed by atoms with Gasteiger partial charge in [-0.15, -0.1) is 0 Å². The molecule has 2 fully saturated rings. The van der Waals surface area contributed by atoms with Gasteiger partial charge in [-0.1, -0.05) is 0 Å². The highest BCUT2D eigenvalue weighted by Gasteiger charge is 2.70. The van der Waals surface area contributed by atoms with Crippen LogP contribution < -0.4 is 5.32 Å². The summed E-state index contributed by atoms with van der Waals surface area (Å²) >= 11 is 0. The van der Waals surface area contributed by atoms with Gasteiger partial charge in [-0.05, 0) is 12.5 Å². The van der Waals surface area contributed by atoms with Crippen molar-refractivity contribution < 1.29 is 23.1 Å². The van der Waals surface area contributed by atoms with Crippen LogP contribution >= 0.6 is 0 Å². The summed E-state index contributed by atoms with van der Waals surface area (Å²) in [5.74, 6) is -3.83. The van der Waals surface area contributed by atoms with Gasteiger partial charge in [0.15, 0.2) is 0 Å². The highest BCUT2D eigenvalue weighted by atomic mass is 19.4. The Morgan fingerprint density at radius 3 is 2.46 bits per heavy atom. The molecular formula is C7H8F3NO2. The number of carboxylic acids is 1. The normalized spacial score (nSPS) is 43.0. The van der Waals surface area contributed by atoms with Crippen molar-refractivity contribution in [3.63, 3.8) is 0 Å². The SMILES string of the molecule is O=C(O)[C@H]1NC[C@H]2[C@@H]1[C@H]2C(F)(F)F. The lowest BCUT2D eigenvalue weighted by atomic mass is 10.1. The first-order chi connectivity index (χ1) is 5.93. The monoisotopic (exact) mass is 195 g/mol. The fourth-order valence-corrected chi connectivity index (χ4v) is 2.23. The van der Waals surface area contributed by atoms with Crippen molar-refractivity contribution in [1.29, 1.82) is 0 Å². The smallest absolute Gasteiger partial charge is 0.392 e. The first-order valence-electron chi connectivity index (χ1n) is 3.96. The Morgan fingerprint density at radius 2 is 2.08 bits per heavy atom. The summed E-state index contributed by atoms with van der Waals surface area (Å²) in [7, 11) is 0. The molecule has 0 aromatic carbocycles. The number of carboxylic acid groups (broad SMARTS) is 1. The minimum Gasteiger partial charge on any atom is -0.480 e. The molecule has 0 unspecified atom stereocenters. The maximum Gasteiger partial charge on any atom is 0.392 e. The fourth-order valence-electron chi connectivity index (χ4n) is 2.23. The molecular weight excluding hydrogens is 187 g/mol. The molecule has 1 saturated heterocycles. The van der Waals surface area contributed by atoms with E-state index < -0.39 is 35.9 Å². The van der Waals surface area contributed by atoms with E-state index in [4.69, 9.17) is 5.11 Å². The van der Waals surface area contributed by atoms with E-state index in [9.17, 15) is 18.0 Å². The summed E-state index contributed by atoms with van der Waals surface area (Å²) in [5, 5.41) is 11.1. The van der Waals surface area contributed by atoms with Crippen molar-refractivity contribution in [2.24, 2.45) is 17.8 Å². The van der Waals surface area contributed by atoms with Crippen LogP contribution in [-0.2, 0) is 4.79 Å². The number of aliphatic carboxylic acids is 1. The molecule has 1 aliphatic heterocycles. The number of hydrogen-bond donors (Lipinski definition) is 2. The third-order valence-electron chi connectivity index (χ3n) is 2.83. The number of halogens is 3. The lowest BCUT2D eigenvalue weighted by Crippen LogP contribution is -2.38. The number of carbonyl (C=O) groups is 1. The van der Waals surface area contributed by atoms with Gasteiger partial charge in [-0.25, -0.2) is 0 Å². The van der Waals surface area contributed by atoms with Crippen LogP contribution in [0.5, 0.6) is 0 Å². The molecule has 1 heterocycles. The topological polar surface area (TPSA) is 49.3 Å². The standard InChI is InChI=1S/C7H8F3NO2/c8-7(9,10)4-2-1-11-5(3(2)4)6(12)13/h2-5,11H,1H2,(H,12,13)/t2-,3+,4-,5-/m0/s1. The van der Waals surface area contributed by atoms with E-state index in [0.717, 1.165) is 0 Å². The summed E-state index contributed by atoms with van der Waals surface area (Å²) in [6.45, 7) is 0.172. The average Bonchev–Trinajstić information content (AvgIpc) is 2.52. The minimum atomic E-state index is -4.23. The summed E-state index contributed by atoms with van der Waals surface area (Å²) in [5.41, 5.74) is 0. The van der Waals surface area contributed by atoms with E-state index in [1.807, 2.05) is 0 Å². The van der Waals surface area contributed by atoms with E-state index in [0.29, 0.717) is 0 Å². The third-order valence-corrected chi connectivity index (χ3v) is 2.83. The molecule has 0 bridgehead atoms. The molecule has 0 spiro atoms. The van der Waals surface area contributed by atoms with Gasteiger partial charge in [-0.3, -0.25) is 4.79 Å². The first kappa shape index (κ1) is 8.80. The Balaban J connectivity index is 2.07. The molecule has 2 aliphatic rings. The van der Waals surface area contributed by atoms with Crippen LogP contribution in [0.3, 0.4) is 0 Å². The number of alkyl halides is 3. The molecule has 3 nitrogen and oxygen atoms in total. The van der Waals surface area contributed by atoms with Gasteiger partial charge < -0.3 is 10.4 Å². The molecule has 13 heavy (non-hydrogen) atoms. The van der Waals surface area contributed by atoms with E-state index in [2.05, 4.69) is 5.32 Å². The van der Waals surface area contributed by atoms with Gasteiger partial charge in [-0.2, -0.15) is 13.2 Å². The van der Waals surface area contributed by atoms with E-state index in [1.165, 1.54) is 0 Å². The van der Waals surface area contributed by atoms with Crippen molar-refractivity contribution in [2.45, 2.75) is 12.2 Å². The number of nitrogens with one attached hydrogen (secondary N) is 1. The van der Waals surface area contributed by atoms with Gasteiger partial charge in [0.25, 0.3) is 0 Å². The predicted molar refractivity (Wildman–Crippen MR) is 36.0 cm³/mol. The van der Waals surface area contributed by atoms with Gasteiger partial charge in [0.2, 0.25) is 0 Å². The molecule has 6 heteroatoms. The molecule has 1 saturated carbocycles. The zero-order chi connectivity index (χ0) is 9.80. The highest BCUT2D eigenvalue weighted by Crippen LogP contribution is 2.59. The van der Waals surface area contributed by atoms with Crippen molar-refractivity contribution in [3.8, 4) is 0 Å². The fraction of sp³-hybridized carbons (Fsp3) is 0.857. The second-order valence-corrected chi connectivity index (χ2v) is 3.53. The maximum absolute atomic E-state index is 12.2. The largest absolute Gasteiger partial charge is 0.480 e. The zero-order valence-electron chi connectivity index (χ0n) is 6.51. The molecule has 74 valence electrons. The van der Waals surface area contributed by atoms with Crippen molar-refractivity contribution in [3.05, 3.63) is 0 Å². The van der Waals surface area contributed by atoms with Crippen LogP contribution in [0.25, 0.3) is 0 Å². The Hall–Kier alpha value is -0.780. The van der Waals surface area contributed by atoms with Gasteiger partial charge in [0.05, 0.1) is 5.92 Å². The van der Waals surface area contributed by atoms with Crippen LogP contribution in [0.1, 0.15) is 0 Å². The second-order valence-electron chi connectivity index (χ2n) is 3.53. The molecule has 2 N–H and O–H groups in total. The number of rotatable bonds is 1. The number of fused-ring (bicyclic) bond motifs is 1. The average molecular weight is 195 g/mol. The molecule has 0 aromatic rings. The lowest BCUT2D eigenvalue weighted by molar-refractivity contribution is -0.158. The van der Waals surface area contributed by atoms with Crippen LogP contribution in [0.4, 0.5) is 13.2 Å². The van der Waals surface area contributed by atoms with E-state index in [1.54, 1.807) is 0 Å². The van der Waals surface area contributed by atoms with E-state index in [-0.39, 0.29) is 6.54 Å². The van der Waals surface area contributed by atoms with Crippen molar-refractivity contribution in [1.82, 2.24) is 5.32 Å². The zero-order valence-corrected chi connectivity index (χ0v) is 6.51. The quantitative estimate of drug-likeness (QED) is 0.639. The van der Waals surface area contributed by atoms with Gasteiger partial charge in [0.1, 0.15) is 6.04 Å². The first-order valence-corrected chi connectivity index (χ1v) is 3.96. The number of piperidine rings is 1. The lowest BCUT2D eigenvalue weighted by Gasteiger charge is -2.13. The number of hydrogen-bond acceptors (Lipinski definition) is 2. The van der Waals surface area contributed by atoms with Crippen LogP contribution in [0.2, 0.25) is 0 Å². The summed E-state index contributed by atoms with van der Waals surface area (Å²) in [6.07, 6.45) is -4.23. The Bertz CT molecular complexity index is 253. The molecule has 0 amide bonds. The molecule has 0 aromatic heterocycles. The predicted octanol–water partition coefficient (Wildman–Crippen LogP) is 0.467. The Kier molecular flexibility index (Phi) is 1.61. The summed E-state index contributed by atoms with van der Waals surface area (Å²) in [6, 6.07) is -1.00. The van der Waals surface area contributed by atoms with Gasteiger partial charge in [0, 0.05) is 5.92 Å². The Labute approximate surface area is 71.9 Å². The minimum absolute atomic E-state index is 0.172. The van der Waals surface area contributed by atoms with Gasteiger partial charge >= 0.3 is 12.1 Å². The molecule has 4 atom stereocenters. The van der Waals surface area contributed by atoms with Crippen LogP contribution in [0, 0.1) is 17.8 Å². The van der Waals surface area contributed by atoms with Crippen LogP contribution in [-0.4, -0.2) is 29.8 Å². The molecule has 1 aliphatic carbocycles. The second kappa shape index (κ2) is 2.37. The summed E-state index contributed by atoms with van der Waals surface area (Å²) < 4.78 is 36.5. The molecule has 0 radical (unpaired) electrons. The van der Waals surface area contributed by atoms with Crippen molar-refractivity contribution in [2.75, 3.05) is 6.54 Å².